The van der Waals surface area contributed by atoms with Crippen LogP contribution in [0.25, 0.3) is 0 Å². The predicted molar refractivity (Wildman–Crippen MR) is 35.1 cm³/mol. The number of hydrogen-bond donors (Lipinski definition) is 0. The molecule has 0 aromatic rings. The SMILES string of the molecule is C#CC(=O)C1C2COCC21. The highest BCUT2D eigenvalue weighted by Gasteiger charge is 2.57. The van der Waals surface area contributed by atoms with Gasteiger partial charge in [0.25, 0.3) is 0 Å². The average molecular weight is 136 g/mol. The molecule has 0 spiro atoms. The van der Waals surface area contributed by atoms with Crippen molar-refractivity contribution in [2.45, 2.75) is 0 Å². The maximum Gasteiger partial charge on any atom is 0.209 e. The number of Topliss-reactive ketones (excluding diaryl/α,β-unsaturated/α-hetero) is 1. The maximum absolute atomic E-state index is 10.9. The van der Waals surface area contributed by atoms with Gasteiger partial charge in [-0.3, -0.25) is 4.79 Å². The molecule has 2 fully saturated rings. The molecular weight excluding hydrogens is 128 g/mol. The Bertz CT molecular complexity index is 204. The van der Waals surface area contributed by atoms with Crippen molar-refractivity contribution < 1.29 is 9.53 Å². The van der Waals surface area contributed by atoms with E-state index in [0.717, 1.165) is 13.2 Å². The fraction of sp³-hybridized carbons (Fsp3) is 0.625. The minimum absolute atomic E-state index is 0.0294. The standard InChI is InChI=1S/C8H8O2/c1-2-7(9)8-5-3-10-4-6(5)8/h1,5-6,8H,3-4H2. The molecule has 1 aliphatic heterocycles. The van der Waals surface area contributed by atoms with E-state index < -0.39 is 0 Å². The van der Waals surface area contributed by atoms with Crippen molar-refractivity contribution in [3.05, 3.63) is 0 Å². The molecule has 2 nitrogen and oxygen atoms in total. The number of terminal acetylenes is 1. The minimum atomic E-state index is -0.0294. The first kappa shape index (κ1) is 5.94. The molecule has 1 saturated carbocycles. The van der Waals surface area contributed by atoms with Gasteiger partial charge in [0.15, 0.2) is 0 Å². The molecule has 0 bridgehead atoms. The first-order valence-electron chi connectivity index (χ1n) is 3.43. The van der Waals surface area contributed by atoms with Crippen LogP contribution in [-0.4, -0.2) is 19.0 Å². The van der Waals surface area contributed by atoms with E-state index in [0.29, 0.717) is 11.8 Å². The van der Waals surface area contributed by atoms with E-state index in [-0.39, 0.29) is 11.7 Å². The monoisotopic (exact) mass is 136 g/mol. The molecule has 0 aromatic carbocycles. The van der Waals surface area contributed by atoms with Gasteiger partial charge in [0.1, 0.15) is 0 Å². The second-order valence-electron chi connectivity index (χ2n) is 2.90. The van der Waals surface area contributed by atoms with Gasteiger partial charge in [-0.25, -0.2) is 0 Å². The van der Waals surface area contributed by atoms with Crippen molar-refractivity contribution in [2.75, 3.05) is 13.2 Å². The largest absolute Gasteiger partial charge is 0.381 e. The molecule has 1 saturated heterocycles. The van der Waals surface area contributed by atoms with Gasteiger partial charge in [-0.05, 0) is 17.8 Å². The van der Waals surface area contributed by atoms with Crippen LogP contribution in [-0.2, 0) is 9.53 Å². The van der Waals surface area contributed by atoms with Crippen molar-refractivity contribution in [3.63, 3.8) is 0 Å². The second kappa shape index (κ2) is 1.83. The summed E-state index contributed by atoms with van der Waals surface area (Å²) in [5.74, 6) is 3.21. The van der Waals surface area contributed by atoms with Crippen LogP contribution in [0.2, 0.25) is 0 Å². The summed E-state index contributed by atoms with van der Waals surface area (Å²) in [6.45, 7) is 1.48. The van der Waals surface area contributed by atoms with Crippen LogP contribution < -0.4 is 0 Å². The summed E-state index contributed by atoms with van der Waals surface area (Å²) in [4.78, 5) is 10.9. The van der Waals surface area contributed by atoms with E-state index in [9.17, 15) is 4.79 Å². The summed E-state index contributed by atoms with van der Waals surface area (Å²) in [5.41, 5.74) is 0. The molecule has 2 aliphatic rings. The third-order valence-corrected chi connectivity index (χ3v) is 2.40. The molecule has 0 radical (unpaired) electrons. The zero-order valence-corrected chi connectivity index (χ0v) is 5.54. The van der Waals surface area contributed by atoms with Crippen molar-refractivity contribution in [1.29, 1.82) is 0 Å². The fourth-order valence-corrected chi connectivity index (χ4v) is 1.72. The fourth-order valence-electron chi connectivity index (χ4n) is 1.72. The molecule has 0 N–H and O–H groups in total. The van der Waals surface area contributed by atoms with Crippen molar-refractivity contribution in [1.82, 2.24) is 0 Å². The molecule has 0 amide bonds. The Morgan fingerprint density at radius 3 is 2.60 bits per heavy atom. The number of carbonyl (C=O) groups excluding carboxylic acids is 1. The molecule has 52 valence electrons. The van der Waals surface area contributed by atoms with Crippen molar-refractivity contribution in [2.24, 2.45) is 17.8 Å². The number of ketones is 1. The van der Waals surface area contributed by atoms with Crippen LogP contribution >= 0.6 is 0 Å². The summed E-state index contributed by atoms with van der Waals surface area (Å²) >= 11 is 0. The second-order valence-corrected chi connectivity index (χ2v) is 2.90. The molecule has 1 aliphatic carbocycles. The predicted octanol–water partition coefficient (Wildman–Crippen LogP) is 0.0811. The summed E-state index contributed by atoms with van der Waals surface area (Å²) in [6.07, 6.45) is 4.98. The van der Waals surface area contributed by atoms with Gasteiger partial charge >= 0.3 is 0 Å². The minimum Gasteiger partial charge on any atom is -0.381 e. The van der Waals surface area contributed by atoms with Crippen LogP contribution in [0.4, 0.5) is 0 Å². The van der Waals surface area contributed by atoms with Gasteiger partial charge < -0.3 is 4.74 Å². The summed E-state index contributed by atoms with van der Waals surface area (Å²) < 4.78 is 5.11. The van der Waals surface area contributed by atoms with Crippen LogP contribution in [0.15, 0.2) is 0 Å². The maximum atomic E-state index is 10.9. The van der Waals surface area contributed by atoms with Crippen molar-refractivity contribution >= 4 is 5.78 Å². The Labute approximate surface area is 59.6 Å². The normalized spacial score (nSPS) is 42.1. The lowest BCUT2D eigenvalue weighted by molar-refractivity contribution is -0.116. The number of fused-ring (bicyclic) bond motifs is 1. The quantitative estimate of drug-likeness (QED) is 0.377. The Morgan fingerprint density at radius 1 is 1.50 bits per heavy atom. The molecule has 2 unspecified atom stereocenters. The zero-order valence-electron chi connectivity index (χ0n) is 5.54. The van der Waals surface area contributed by atoms with Crippen LogP contribution in [0.3, 0.4) is 0 Å². The number of ether oxygens (including phenoxy) is 1. The van der Waals surface area contributed by atoms with Crippen molar-refractivity contribution in [3.8, 4) is 12.3 Å². The van der Waals surface area contributed by atoms with Gasteiger partial charge in [0.2, 0.25) is 5.78 Å². The van der Waals surface area contributed by atoms with E-state index >= 15 is 0 Å². The molecule has 10 heavy (non-hydrogen) atoms. The van der Waals surface area contributed by atoms with E-state index in [1.165, 1.54) is 0 Å². The van der Waals surface area contributed by atoms with E-state index in [4.69, 9.17) is 11.2 Å². The van der Waals surface area contributed by atoms with Crippen LogP contribution in [0.1, 0.15) is 0 Å². The molecular formula is C8H8O2. The lowest BCUT2D eigenvalue weighted by Gasteiger charge is -1.96. The van der Waals surface area contributed by atoms with Crippen LogP contribution in [0, 0.1) is 30.1 Å². The van der Waals surface area contributed by atoms with Crippen LogP contribution in [0.5, 0.6) is 0 Å². The first-order valence-corrected chi connectivity index (χ1v) is 3.43. The number of carbonyl (C=O) groups is 1. The Balaban J connectivity index is 2.02. The summed E-state index contributed by atoms with van der Waals surface area (Å²) in [7, 11) is 0. The van der Waals surface area contributed by atoms with Gasteiger partial charge in [0.05, 0.1) is 13.2 Å². The summed E-state index contributed by atoms with van der Waals surface area (Å²) in [6, 6.07) is 0. The van der Waals surface area contributed by atoms with Gasteiger partial charge in [-0.15, -0.1) is 6.42 Å². The Morgan fingerprint density at radius 2 is 2.10 bits per heavy atom. The molecule has 0 aromatic heterocycles. The topological polar surface area (TPSA) is 26.3 Å². The first-order chi connectivity index (χ1) is 4.84. The highest BCUT2D eigenvalue weighted by molar-refractivity contribution is 5.99. The van der Waals surface area contributed by atoms with E-state index in [1.807, 2.05) is 0 Å². The smallest absolute Gasteiger partial charge is 0.209 e. The summed E-state index contributed by atoms with van der Waals surface area (Å²) in [5, 5.41) is 0. The number of hydrogen-bond acceptors (Lipinski definition) is 2. The third kappa shape index (κ3) is 0.614. The van der Waals surface area contributed by atoms with E-state index in [2.05, 4.69) is 5.92 Å². The molecule has 2 atom stereocenters. The van der Waals surface area contributed by atoms with Gasteiger partial charge in [-0.2, -0.15) is 0 Å². The highest BCUT2D eigenvalue weighted by Crippen LogP contribution is 2.50. The lowest BCUT2D eigenvalue weighted by Crippen LogP contribution is -2.06. The lowest BCUT2D eigenvalue weighted by atomic mass is 10.2. The molecule has 2 heteroatoms. The Kier molecular flexibility index (Phi) is 1.09. The van der Waals surface area contributed by atoms with E-state index in [1.54, 1.807) is 0 Å². The average Bonchev–Trinajstić information content (AvgIpc) is 2.43. The zero-order chi connectivity index (χ0) is 7.14. The van der Waals surface area contributed by atoms with Gasteiger partial charge in [0, 0.05) is 5.92 Å². The molecule has 2 rings (SSSR count). The molecule has 1 heterocycles. The highest BCUT2D eigenvalue weighted by atomic mass is 16.5. The van der Waals surface area contributed by atoms with Gasteiger partial charge in [-0.1, -0.05) is 0 Å². The Hall–Kier alpha value is -0.810. The number of rotatable bonds is 1. The third-order valence-electron chi connectivity index (χ3n) is 2.40.